The van der Waals surface area contributed by atoms with Gasteiger partial charge in [-0.25, -0.2) is 0 Å². The SMILES string of the molecule is C/C1=C/C/C(Cl)=C\C(N2CCN(C)CC2)=CC1. The molecule has 1 aliphatic carbocycles. The van der Waals surface area contributed by atoms with E-state index in [0.29, 0.717) is 0 Å². The Balaban J connectivity index is 2.10. The van der Waals surface area contributed by atoms with E-state index in [-0.39, 0.29) is 0 Å². The highest BCUT2D eigenvalue weighted by molar-refractivity contribution is 6.29. The molecular formula is C14H21ClN2. The number of hydrogen-bond donors (Lipinski definition) is 0. The first-order chi connectivity index (χ1) is 8.15. The third-order valence-corrected chi connectivity index (χ3v) is 3.72. The quantitative estimate of drug-likeness (QED) is 0.662. The van der Waals surface area contributed by atoms with Crippen LogP contribution in [0.1, 0.15) is 19.8 Å². The smallest absolute Gasteiger partial charge is 0.0341 e. The van der Waals surface area contributed by atoms with Gasteiger partial charge < -0.3 is 9.80 Å². The van der Waals surface area contributed by atoms with Gasteiger partial charge in [0.25, 0.3) is 0 Å². The van der Waals surface area contributed by atoms with Crippen molar-refractivity contribution in [2.75, 3.05) is 33.2 Å². The Kier molecular flexibility index (Phi) is 4.30. The van der Waals surface area contributed by atoms with Gasteiger partial charge in [-0.3, -0.25) is 0 Å². The van der Waals surface area contributed by atoms with Crippen LogP contribution in [0.5, 0.6) is 0 Å². The number of allylic oxidation sites excluding steroid dienone is 5. The van der Waals surface area contributed by atoms with Crippen LogP contribution in [0.2, 0.25) is 0 Å². The first-order valence-electron chi connectivity index (χ1n) is 6.30. The van der Waals surface area contributed by atoms with Gasteiger partial charge in [0.2, 0.25) is 0 Å². The van der Waals surface area contributed by atoms with Crippen LogP contribution in [0.25, 0.3) is 0 Å². The maximum atomic E-state index is 6.24. The molecule has 2 nitrogen and oxygen atoms in total. The van der Waals surface area contributed by atoms with Crippen molar-refractivity contribution in [2.24, 2.45) is 0 Å². The molecule has 0 unspecified atom stereocenters. The average Bonchev–Trinajstić information content (AvgIpc) is 2.31. The molecule has 1 aliphatic heterocycles. The second-order valence-electron chi connectivity index (χ2n) is 4.97. The summed E-state index contributed by atoms with van der Waals surface area (Å²) in [5, 5.41) is 0.939. The van der Waals surface area contributed by atoms with Gasteiger partial charge in [0.1, 0.15) is 0 Å². The molecule has 0 saturated carbocycles. The highest BCUT2D eigenvalue weighted by atomic mass is 35.5. The summed E-state index contributed by atoms with van der Waals surface area (Å²) in [4.78, 5) is 4.82. The van der Waals surface area contributed by atoms with E-state index in [1.54, 1.807) is 0 Å². The normalized spacial score (nSPS) is 29.6. The van der Waals surface area contributed by atoms with E-state index < -0.39 is 0 Å². The molecule has 1 heterocycles. The zero-order valence-electron chi connectivity index (χ0n) is 10.7. The van der Waals surface area contributed by atoms with Crippen molar-refractivity contribution >= 4 is 11.6 Å². The molecule has 0 aromatic rings. The fourth-order valence-electron chi connectivity index (χ4n) is 2.18. The lowest BCUT2D eigenvalue weighted by molar-refractivity contribution is 0.190. The van der Waals surface area contributed by atoms with Crippen molar-refractivity contribution in [2.45, 2.75) is 19.8 Å². The van der Waals surface area contributed by atoms with E-state index in [1.165, 1.54) is 11.3 Å². The van der Waals surface area contributed by atoms with Gasteiger partial charge in [0.05, 0.1) is 0 Å². The molecule has 0 N–H and O–H groups in total. The molecule has 0 aromatic carbocycles. The molecule has 3 heteroatoms. The molecule has 0 amide bonds. The summed E-state index contributed by atoms with van der Waals surface area (Å²) >= 11 is 6.24. The van der Waals surface area contributed by atoms with Crippen LogP contribution in [-0.4, -0.2) is 43.0 Å². The predicted octanol–water partition coefficient (Wildman–Crippen LogP) is 2.98. The summed E-state index contributed by atoms with van der Waals surface area (Å²) in [6.45, 7) is 6.65. The fraction of sp³-hybridized carbons (Fsp3) is 0.571. The van der Waals surface area contributed by atoms with Crippen LogP contribution >= 0.6 is 11.6 Å². The lowest BCUT2D eigenvalue weighted by Crippen LogP contribution is -2.43. The average molecular weight is 253 g/mol. The first-order valence-corrected chi connectivity index (χ1v) is 6.68. The van der Waals surface area contributed by atoms with Gasteiger partial charge in [-0.15, -0.1) is 0 Å². The summed E-state index contributed by atoms with van der Waals surface area (Å²) < 4.78 is 0. The first kappa shape index (κ1) is 12.7. The van der Waals surface area contributed by atoms with Gasteiger partial charge >= 0.3 is 0 Å². The van der Waals surface area contributed by atoms with Gasteiger partial charge in [-0.05, 0) is 26.5 Å². The topological polar surface area (TPSA) is 6.48 Å². The molecule has 0 bridgehead atoms. The van der Waals surface area contributed by atoms with E-state index in [9.17, 15) is 0 Å². The molecule has 17 heavy (non-hydrogen) atoms. The zero-order valence-corrected chi connectivity index (χ0v) is 11.5. The molecule has 94 valence electrons. The van der Waals surface area contributed by atoms with Crippen LogP contribution in [-0.2, 0) is 0 Å². The van der Waals surface area contributed by atoms with E-state index in [2.05, 4.69) is 42.0 Å². The minimum absolute atomic E-state index is 0.873. The molecule has 2 aliphatic rings. The third-order valence-electron chi connectivity index (χ3n) is 3.45. The standard InChI is InChI=1S/C14H21ClN2/c1-12-3-5-13(15)11-14(6-4-12)17-9-7-16(2)8-10-17/h3,6,11H,4-5,7-10H2,1-2H3/b12-3-,13-11+,14-6?. The van der Waals surface area contributed by atoms with Crippen molar-refractivity contribution in [3.63, 3.8) is 0 Å². The van der Waals surface area contributed by atoms with Crippen LogP contribution in [0.4, 0.5) is 0 Å². The van der Waals surface area contributed by atoms with Crippen LogP contribution in [0.3, 0.4) is 0 Å². The molecule has 0 radical (unpaired) electrons. The largest absolute Gasteiger partial charge is 0.369 e. The minimum atomic E-state index is 0.873. The van der Waals surface area contributed by atoms with Crippen molar-refractivity contribution in [1.82, 2.24) is 9.80 Å². The Morgan fingerprint density at radius 2 is 1.76 bits per heavy atom. The van der Waals surface area contributed by atoms with Gasteiger partial charge in [-0.2, -0.15) is 0 Å². The van der Waals surface area contributed by atoms with Crippen molar-refractivity contribution in [3.8, 4) is 0 Å². The lowest BCUT2D eigenvalue weighted by atomic mass is 10.1. The van der Waals surface area contributed by atoms with E-state index in [1.807, 2.05) is 0 Å². The maximum absolute atomic E-state index is 6.24. The van der Waals surface area contributed by atoms with Gasteiger partial charge in [0.15, 0.2) is 0 Å². The molecule has 1 saturated heterocycles. The molecule has 0 aromatic heterocycles. The van der Waals surface area contributed by atoms with Crippen molar-refractivity contribution in [1.29, 1.82) is 0 Å². The van der Waals surface area contributed by atoms with Gasteiger partial charge in [0, 0.05) is 43.3 Å². The molecule has 0 spiro atoms. The summed E-state index contributed by atoms with van der Waals surface area (Å²) in [7, 11) is 2.18. The number of likely N-dealkylation sites (N-methyl/N-ethyl adjacent to an activating group) is 1. The Labute approximate surface area is 109 Å². The summed E-state index contributed by atoms with van der Waals surface area (Å²) in [5.41, 5.74) is 2.71. The zero-order chi connectivity index (χ0) is 12.3. The van der Waals surface area contributed by atoms with Crippen molar-refractivity contribution < 1.29 is 0 Å². The Morgan fingerprint density at radius 1 is 1.06 bits per heavy atom. The maximum Gasteiger partial charge on any atom is 0.0341 e. The third kappa shape index (κ3) is 3.62. The number of halogens is 1. The van der Waals surface area contributed by atoms with E-state index >= 15 is 0 Å². The van der Waals surface area contributed by atoms with Crippen LogP contribution in [0.15, 0.2) is 34.5 Å². The fourth-order valence-corrected chi connectivity index (χ4v) is 2.37. The molecular weight excluding hydrogens is 232 g/mol. The number of rotatable bonds is 1. The van der Waals surface area contributed by atoms with Crippen LogP contribution < -0.4 is 0 Å². The minimum Gasteiger partial charge on any atom is -0.369 e. The van der Waals surface area contributed by atoms with E-state index in [0.717, 1.165) is 44.1 Å². The van der Waals surface area contributed by atoms with E-state index in [4.69, 9.17) is 11.6 Å². The van der Waals surface area contributed by atoms with Gasteiger partial charge in [-0.1, -0.05) is 29.3 Å². The Hall–Kier alpha value is -0.730. The highest BCUT2D eigenvalue weighted by Crippen LogP contribution is 2.21. The summed E-state index contributed by atoms with van der Waals surface area (Å²) in [5.74, 6) is 0. The summed E-state index contributed by atoms with van der Waals surface area (Å²) in [6.07, 6.45) is 8.57. The number of nitrogens with zero attached hydrogens (tertiary/aromatic N) is 2. The second kappa shape index (κ2) is 5.74. The molecule has 2 rings (SSSR count). The monoisotopic (exact) mass is 252 g/mol. The second-order valence-corrected chi connectivity index (χ2v) is 5.45. The molecule has 0 atom stereocenters. The Morgan fingerprint density at radius 3 is 2.47 bits per heavy atom. The summed E-state index contributed by atoms with van der Waals surface area (Å²) in [6, 6.07) is 0. The highest BCUT2D eigenvalue weighted by Gasteiger charge is 2.15. The lowest BCUT2D eigenvalue weighted by Gasteiger charge is -2.35. The van der Waals surface area contributed by atoms with Crippen LogP contribution in [0, 0.1) is 0 Å². The van der Waals surface area contributed by atoms with Crippen molar-refractivity contribution in [3.05, 3.63) is 34.5 Å². The molecule has 1 fully saturated rings. The number of hydrogen-bond acceptors (Lipinski definition) is 2. The predicted molar refractivity (Wildman–Crippen MR) is 74.1 cm³/mol. The number of piperazine rings is 1. The Bertz CT molecular complexity index is 360.